The van der Waals surface area contributed by atoms with Gasteiger partial charge in [-0.15, -0.1) is 0 Å². The molecule has 1 aromatic heterocycles. The minimum atomic E-state index is -0.175. The van der Waals surface area contributed by atoms with Gasteiger partial charge in [0, 0.05) is 19.6 Å². The number of Topliss-reactive ketones (excluding diaryl/α,β-unsaturated/α-hetero) is 1. The molecular weight excluding hydrogens is 440 g/mol. The van der Waals surface area contributed by atoms with Crippen molar-refractivity contribution in [2.24, 2.45) is 0 Å². The largest absolute Gasteiger partial charge is 0.497 e. The molecule has 3 aromatic rings. The molecular formula is C29H34N2O4. The van der Waals surface area contributed by atoms with E-state index in [1.54, 1.807) is 7.11 Å². The Labute approximate surface area is 207 Å². The van der Waals surface area contributed by atoms with Gasteiger partial charge in [0.1, 0.15) is 5.75 Å². The average Bonchev–Trinajstić information content (AvgIpc) is 3.28. The van der Waals surface area contributed by atoms with Crippen LogP contribution in [0.1, 0.15) is 77.4 Å². The van der Waals surface area contributed by atoms with Gasteiger partial charge < -0.3 is 19.8 Å². The van der Waals surface area contributed by atoms with Crippen molar-refractivity contribution in [3.05, 3.63) is 77.0 Å². The summed E-state index contributed by atoms with van der Waals surface area (Å²) < 4.78 is 10.9. The predicted molar refractivity (Wildman–Crippen MR) is 137 cm³/mol. The van der Waals surface area contributed by atoms with E-state index in [9.17, 15) is 9.59 Å². The topological polar surface area (TPSA) is 80.4 Å². The molecule has 0 unspecified atom stereocenters. The van der Waals surface area contributed by atoms with E-state index >= 15 is 0 Å². The van der Waals surface area contributed by atoms with Gasteiger partial charge in [-0.25, -0.2) is 0 Å². The fraction of sp³-hybridized carbons (Fsp3) is 0.379. The molecule has 4 rings (SSSR count). The van der Waals surface area contributed by atoms with Crippen LogP contribution in [0.4, 0.5) is 0 Å². The molecule has 0 saturated heterocycles. The Morgan fingerprint density at radius 2 is 1.80 bits per heavy atom. The van der Waals surface area contributed by atoms with Crippen molar-refractivity contribution in [1.29, 1.82) is 0 Å². The molecule has 6 nitrogen and oxygen atoms in total. The van der Waals surface area contributed by atoms with Gasteiger partial charge in [0.15, 0.2) is 5.78 Å². The van der Waals surface area contributed by atoms with Crippen LogP contribution in [0.3, 0.4) is 0 Å². The predicted octanol–water partition coefficient (Wildman–Crippen LogP) is 5.71. The number of ketones is 1. The number of benzene rings is 2. The molecule has 2 atom stereocenters. The Balaban J connectivity index is 1.72. The second-order valence-electron chi connectivity index (χ2n) is 9.35. The smallest absolute Gasteiger partial charge is 0.253 e. The highest BCUT2D eigenvalue weighted by molar-refractivity contribution is 6.08. The molecule has 0 saturated carbocycles. The van der Waals surface area contributed by atoms with Crippen molar-refractivity contribution in [3.63, 3.8) is 0 Å². The minimum Gasteiger partial charge on any atom is -0.497 e. The van der Waals surface area contributed by atoms with Gasteiger partial charge in [-0.05, 0) is 73.1 Å². The fourth-order valence-electron chi connectivity index (χ4n) is 4.87. The normalized spacial score (nSPS) is 17.3. The molecule has 0 aliphatic heterocycles. The number of nitrogens with one attached hydrogen (secondary N) is 2. The van der Waals surface area contributed by atoms with Crippen LogP contribution < -0.4 is 10.1 Å². The third kappa shape index (κ3) is 5.33. The van der Waals surface area contributed by atoms with E-state index < -0.39 is 0 Å². The highest BCUT2D eigenvalue weighted by Crippen LogP contribution is 2.46. The van der Waals surface area contributed by atoms with E-state index in [0.717, 1.165) is 28.9 Å². The van der Waals surface area contributed by atoms with Gasteiger partial charge in [-0.3, -0.25) is 9.59 Å². The molecule has 1 heterocycles. The third-order valence-electron chi connectivity index (χ3n) is 6.67. The molecule has 1 amide bonds. The van der Waals surface area contributed by atoms with E-state index in [1.807, 2.05) is 56.3 Å². The summed E-state index contributed by atoms with van der Waals surface area (Å²) in [6.45, 7) is 7.18. The van der Waals surface area contributed by atoms with Gasteiger partial charge >= 0.3 is 0 Å². The van der Waals surface area contributed by atoms with Crippen LogP contribution >= 0.6 is 0 Å². The fourth-order valence-corrected chi connectivity index (χ4v) is 4.87. The first-order chi connectivity index (χ1) is 16.9. The summed E-state index contributed by atoms with van der Waals surface area (Å²) >= 11 is 0. The van der Waals surface area contributed by atoms with Crippen LogP contribution in [0, 0.1) is 0 Å². The van der Waals surface area contributed by atoms with Crippen LogP contribution in [-0.2, 0) is 4.74 Å². The highest BCUT2D eigenvalue weighted by atomic mass is 16.5. The Kier molecular flexibility index (Phi) is 7.71. The number of aromatic nitrogens is 1. The van der Waals surface area contributed by atoms with Gasteiger partial charge in [0.25, 0.3) is 5.91 Å². The molecule has 1 aliphatic rings. The molecule has 0 radical (unpaired) electrons. The number of H-pyrrole nitrogens is 1. The Hall–Kier alpha value is -3.38. The maximum atomic E-state index is 13.6. The molecule has 184 valence electrons. The van der Waals surface area contributed by atoms with Crippen LogP contribution in [0.5, 0.6) is 5.75 Å². The quantitative estimate of drug-likeness (QED) is 0.389. The van der Waals surface area contributed by atoms with Gasteiger partial charge in [-0.1, -0.05) is 37.3 Å². The summed E-state index contributed by atoms with van der Waals surface area (Å²) in [6, 6.07) is 17.6. The van der Waals surface area contributed by atoms with Crippen molar-refractivity contribution < 1.29 is 19.1 Å². The number of amides is 1. The Morgan fingerprint density at radius 3 is 2.46 bits per heavy atom. The SMILES string of the molecule is COc1ccc(-c2[nH]c3c(c2C(=O)NCCCOC(C)C)[C@@H](C)[C@H](c2ccccc2)CC3=O)cc1. The monoisotopic (exact) mass is 474 g/mol. The number of carbonyl (C=O) groups excluding carboxylic acids is 2. The molecule has 6 heteroatoms. The number of hydrogen-bond donors (Lipinski definition) is 2. The number of ether oxygens (including phenoxy) is 2. The Morgan fingerprint density at radius 1 is 1.09 bits per heavy atom. The van der Waals surface area contributed by atoms with E-state index in [4.69, 9.17) is 9.47 Å². The number of methoxy groups -OCH3 is 1. The van der Waals surface area contributed by atoms with Crippen molar-refractivity contribution in [1.82, 2.24) is 10.3 Å². The molecule has 0 spiro atoms. The second kappa shape index (κ2) is 10.9. The Bertz CT molecular complexity index is 1170. The van der Waals surface area contributed by atoms with Crippen molar-refractivity contribution in [2.45, 2.75) is 51.6 Å². The molecule has 0 fully saturated rings. The molecule has 35 heavy (non-hydrogen) atoms. The van der Waals surface area contributed by atoms with E-state index in [-0.39, 0.29) is 29.6 Å². The summed E-state index contributed by atoms with van der Waals surface area (Å²) in [5.41, 5.74) is 4.52. The lowest BCUT2D eigenvalue weighted by Gasteiger charge is -2.29. The van der Waals surface area contributed by atoms with Crippen LogP contribution in [0.15, 0.2) is 54.6 Å². The van der Waals surface area contributed by atoms with E-state index in [1.165, 1.54) is 0 Å². The number of carbonyl (C=O) groups is 2. The first-order valence-corrected chi connectivity index (χ1v) is 12.3. The van der Waals surface area contributed by atoms with Crippen molar-refractivity contribution in [3.8, 4) is 17.0 Å². The number of hydrogen-bond acceptors (Lipinski definition) is 4. The second-order valence-corrected chi connectivity index (χ2v) is 9.35. The molecule has 2 N–H and O–H groups in total. The van der Waals surface area contributed by atoms with Gasteiger partial charge in [0.2, 0.25) is 0 Å². The van der Waals surface area contributed by atoms with Crippen molar-refractivity contribution in [2.75, 3.05) is 20.3 Å². The average molecular weight is 475 g/mol. The van der Waals surface area contributed by atoms with Crippen LogP contribution in [0.2, 0.25) is 0 Å². The first-order valence-electron chi connectivity index (χ1n) is 12.3. The zero-order valence-electron chi connectivity index (χ0n) is 20.9. The molecule has 1 aliphatic carbocycles. The summed E-state index contributed by atoms with van der Waals surface area (Å²) in [6.07, 6.45) is 1.29. The maximum absolute atomic E-state index is 13.6. The standard InChI is InChI=1S/C29H34N2O4/c1-18(2)35-16-8-15-30-29(33)26-25-19(3)23(20-9-6-5-7-10-20)17-24(32)28(25)31-27(26)21-11-13-22(34-4)14-12-21/h5-7,9-14,18-19,23,31H,8,15-17H2,1-4H3,(H,30,33)/t19-,23+/m0/s1. The van der Waals surface area contributed by atoms with Crippen molar-refractivity contribution >= 4 is 11.7 Å². The number of aromatic amines is 1. The first kappa shape index (κ1) is 24.7. The number of rotatable bonds is 9. The maximum Gasteiger partial charge on any atom is 0.253 e. The summed E-state index contributed by atoms with van der Waals surface area (Å²) in [7, 11) is 1.62. The summed E-state index contributed by atoms with van der Waals surface area (Å²) in [5, 5.41) is 3.06. The summed E-state index contributed by atoms with van der Waals surface area (Å²) in [4.78, 5) is 30.2. The zero-order chi connectivity index (χ0) is 24.9. The summed E-state index contributed by atoms with van der Waals surface area (Å²) in [5.74, 6) is 0.604. The highest BCUT2D eigenvalue weighted by Gasteiger charge is 2.38. The lowest BCUT2D eigenvalue weighted by molar-refractivity contribution is 0.0757. The van der Waals surface area contributed by atoms with Crippen LogP contribution in [-0.4, -0.2) is 43.0 Å². The van der Waals surface area contributed by atoms with Gasteiger partial charge in [0.05, 0.1) is 30.2 Å². The third-order valence-corrected chi connectivity index (χ3v) is 6.67. The minimum absolute atomic E-state index is 0.00151. The lowest BCUT2D eigenvalue weighted by atomic mass is 9.73. The van der Waals surface area contributed by atoms with Gasteiger partial charge in [-0.2, -0.15) is 0 Å². The molecule has 0 bridgehead atoms. The number of fused-ring (bicyclic) bond motifs is 1. The van der Waals surface area contributed by atoms with Crippen LogP contribution in [0.25, 0.3) is 11.3 Å². The van der Waals surface area contributed by atoms with E-state index in [2.05, 4.69) is 29.4 Å². The lowest BCUT2D eigenvalue weighted by Crippen LogP contribution is -2.29. The zero-order valence-corrected chi connectivity index (χ0v) is 20.9. The van der Waals surface area contributed by atoms with E-state index in [0.29, 0.717) is 36.5 Å². The molecule has 2 aromatic carbocycles.